The molecule has 0 heterocycles. The van der Waals surface area contributed by atoms with Gasteiger partial charge in [-0.15, -0.1) is 4.72 Å². The standard InChI is InChI=1S/C12H6F19NO4S/c1-2-36-3(33)4(13,14)32-37(34,35)12(30,31)10(25,26)8(21,22)6(17,18)5(15,16)7(19,20)9(23,24)11(27,28)29/h32H,2H2,1H3. The number of sulfonamides is 1. The number of carbonyl (C=O) groups is 1. The summed E-state index contributed by atoms with van der Waals surface area (Å²) in [5.74, 6) is -56.5. The molecule has 0 saturated heterocycles. The zero-order valence-electron chi connectivity index (χ0n) is 16.4. The highest BCUT2D eigenvalue weighted by Crippen LogP contribution is 2.64. The first-order valence-electron chi connectivity index (χ1n) is 7.99. The maximum Gasteiger partial charge on any atom is 0.460 e. The molecule has 0 aromatic rings. The van der Waals surface area contributed by atoms with Crippen LogP contribution in [0.3, 0.4) is 0 Å². The van der Waals surface area contributed by atoms with Crippen molar-refractivity contribution in [3.63, 3.8) is 0 Å². The zero-order chi connectivity index (χ0) is 30.7. The summed E-state index contributed by atoms with van der Waals surface area (Å²) in [6.45, 7) is -0.467. The van der Waals surface area contributed by atoms with E-state index in [9.17, 15) is 96.6 Å². The van der Waals surface area contributed by atoms with E-state index in [1.165, 1.54) is 0 Å². The van der Waals surface area contributed by atoms with Gasteiger partial charge in [0.05, 0.1) is 6.61 Å². The normalized spacial score (nSPS) is 16.1. The number of ether oxygens (including phenoxy) is 1. The average Bonchev–Trinajstić information content (AvgIpc) is 2.65. The quantitative estimate of drug-likeness (QED) is 0.200. The van der Waals surface area contributed by atoms with Crippen LogP contribution in [0.1, 0.15) is 6.92 Å². The summed E-state index contributed by atoms with van der Waals surface area (Å²) in [6, 6.07) is -6.11. The van der Waals surface area contributed by atoms with Crippen molar-refractivity contribution < 1.29 is 101 Å². The average molecular weight is 621 g/mol. The summed E-state index contributed by atoms with van der Waals surface area (Å²) in [5, 5.41) is -8.25. The van der Waals surface area contributed by atoms with E-state index >= 15 is 0 Å². The van der Waals surface area contributed by atoms with Crippen LogP contribution >= 0.6 is 0 Å². The highest BCUT2D eigenvalue weighted by molar-refractivity contribution is 7.90. The van der Waals surface area contributed by atoms with Crippen LogP contribution in [-0.4, -0.2) is 74.0 Å². The van der Waals surface area contributed by atoms with E-state index in [1.54, 1.807) is 0 Å². The maximum atomic E-state index is 13.6. The van der Waals surface area contributed by atoms with Gasteiger partial charge < -0.3 is 4.74 Å². The monoisotopic (exact) mass is 621 g/mol. The van der Waals surface area contributed by atoms with Crippen molar-refractivity contribution in [2.24, 2.45) is 0 Å². The fourth-order valence-corrected chi connectivity index (χ4v) is 2.83. The summed E-state index contributed by atoms with van der Waals surface area (Å²) in [7, 11) is -8.37. The van der Waals surface area contributed by atoms with Gasteiger partial charge in [-0.05, 0) is 6.92 Å². The van der Waals surface area contributed by atoms with E-state index in [4.69, 9.17) is 0 Å². The molecule has 0 unspecified atom stereocenters. The molecule has 0 aliphatic heterocycles. The minimum Gasteiger partial charge on any atom is -0.460 e. The Hall–Kier alpha value is -1.95. The molecule has 0 aromatic carbocycles. The Labute approximate surface area is 189 Å². The van der Waals surface area contributed by atoms with Crippen molar-refractivity contribution in [3.8, 4) is 0 Å². The van der Waals surface area contributed by atoms with Crippen molar-refractivity contribution in [2.45, 2.75) is 59.9 Å². The van der Waals surface area contributed by atoms with Gasteiger partial charge in [0, 0.05) is 0 Å². The van der Waals surface area contributed by atoms with Gasteiger partial charge in [-0.25, -0.2) is 13.2 Å². The van der Waals surface area contributed by atoms with E-state index in [-0.39, 0.29) is 0 Å². The second-order valence-corrected chi connectivity index (χ2v) is 8.08. The largest absolute Gasteiger partial charge is 0.460 e. The van der Waals surface area contributed by atoms with Crippen molar-refractivity contribution in [2.75, 3.05) is 6.61 Å². The Morgan fingerprint density at radius 1 is 0.595 bits per heavy atom. The lowest BCUT2D eigenvalue weighted by atomic mass is 9.91. The van der Waals surface area contributed by atoms with E-state index < -0.39 is 80.3 Å². The zero-order valence-corrected chi connectivity index (χ0v) is 17.2. The Morgan fingerprint density at radius 2 is 0.892 bits per heavy atom. The van der Waals surface area contributed by atoms with Gasteiger partial charge in [0.1, 0.15) is 0 Å². The molecular weight excluding hydrogens is 615 g/mol. The Bertz CT molecular complexity index is 970. The van der Waals surface area contributed by atoms with Crippen molar-refractivity contribution in [3.05, 3.63) is 0 Å². The van der Waals surface area contributed by atoms with Gasteiger partial charge in [-0.1, -0.05) is 0 Å². The molecule has 0 amide bonds. The molecule has 0 saturated carbocycles. The highest BCUT2D eigenvalue weighted by Gasteiger charge is 2.96. The Morgan fingerprint density at radius 3 is 1.19 bits per heavy atom. The second kappa shape index (κ2) is 9.07. The fraction of sp³-hybridized carbons (Fsp3) is 0.917. The van der Waals surface area contributed by atoms with Gasteiger partial charge in [0.2, 0.25) is 0 Å². The summed E-state index contributed by atoms with van der Waals surface area (Å²) in [4.78, 5) is 10.7. The van der Waals surface area contributed by atoms with Crippen molar-refractivity contribution in [1.82, 2.24) is 4.72 Å². The van der Waals surface area contributed by atoms with Gasteiger partial charge in [-0.3, -0.25) is 0 Å². The molecule has 0 fully saturated rings. The van der Waals surface area contributed by atoms with Crippen LogP contribution in [-0.2, 0) is 19.6 Å². The first-order chi connectivity index (χ1) is 15.7. The van der Waals surface area contributed by atoms with Crippen LogP contribution in [0.2, 0.25) is 0 Å². The molecule has 0 aliphatic rings. The summed E-state index contributed by atoms with van der Waals surface area (Å²) in [5.41, 5.74) is 0. The molecule has 1 N–H and O–H groups in total. The predicted octanol–water partition coefficient (Wildman–Crippen LogP) is 5.03. The number of rotatable bonds is 11. The predicted molar refractivity (Wildman–Crippen MR) is 74.3 cm³/mol. The minimum atomic E-state index is -9.12. The molecule has 5 nitrogen and oxygen atoms in total. The van der Waals surface area contributed by atoms with E-state index in [2.05, 4.69) is 4.74 Å². The van der Waals surface area contributed by atoms with Crippen LogP contribution in [0.4, 0.5) is 83.4 Å². The summed E-state index contributed by atoms with van der Waals surface area (Å²) < 4.78 is 273. The third-order valence-electron chi connectivity index (χ3n) is 3.83. The second-order valence-electron chi connectivity index (χ2n) is 6.36. The van der Waals surface area contributed by atoms with Crippen LogP contribution in [0.15, 0.2) is 0 Å². The minimum absolute atomic E-state index is 0.673. The van der Waals surface area contributed by atoms with Crippen molar-refractivity contribution >= 4 is 16.0 Å². The van der Waals surface area contributed by atoms with Gasteiger partial charge in [0.25, 0.3) is 10.0 Å². The highest BCUT2D eigenvalue weighted by atomic mass is 32.2. The molecule has 0 bridgehead atoms. The molecule has 222 valence electrons. The molecular formula is C12H6F19NO4S. The SMILES string of the molecule is CCOC(=O)C(F)(F)NS(=O)(=O)C(F)(F)C(F)(F)C(F)(F)C(F)(F)C(F)(F)C(F)(F)C(F)(F)C(F)(F)F. The first-order valence-corrected chi connectivity index (χ1v) is 9.47. The number of esters is 1. The van der Waals surface area contributed by atoms with E-state index in [0.29, 0.717) is 6.92 Å². The molecule has 0 aliphatic carbocycles. The lowest BCUT2D eigenvalue weighted by Crippen LogP contribution is -2.75. The maximum absolute atomic E-state index is 13.6. The lowest BCUT2D eigenvalue weighted by Gasteiger charge is -2.42. The van der Waals surface area contributed by atoms with E-state index in [1.807, 2.05) is 0 Å². The van der Waals surface area contributed by atoms with E-state index in [0.717, 1.165) is 0 Å². The van der Waals surface area contributed by atoms with Crippen LogP contribution in [0.5, 0.6) is 0 Å². The number of carbonyl (C=O) groups excluding carboxylic acids is 1. The molecule has 25 heteroatoms. The van der Waals surface area contributed by atoms with Crippen LogP contribution in [0, 0.1) is 0 Å². The number of alkyl halides is 19. The van der Waals surface area contributed by atoms with Gasteiger partial charge in [0.15, 0.2) is 0 Å². The molecule has 0 aromatic heterocycles. The fourth-order valence-electron chi connectivity index (χ4n) is 1.81. The molecule has 0 radical (unpaired) electrons. The smallest absolute Gasteiger partial charge is 0.460 e. The Kier molecular flexibility index (Phi) is 8.59. The topological polar surface area (TPSA) is 72.5 Å². The third-order valence-corrected chi connectivity index (χ3v) is 5.28. The first kappa shape index (κ1) is 35.0. The van der Waals surface area contributed by atoms with Crippen molar-refractivity contribution in [1.29, 1.82) is 0 Å². The number of nitrogens with one attached hydrogen (secondary N) is 1. The van der Waals surface area contributed by atoms with Crippen LogP contribution < -0.4 is 4.72 Å². The Balaban J connectivity index is 6.93. The molecule has 0 rings (SSSR count). The number of hydrogen-bond donors (Lipinski definition) is 1. The summed E-state index contributed by atoms with van der Waals surface area (Å²) in [6.07, 6.45) is -8.00. The molecule has 37 heavy (non-hydrogen) atoms. The number of hydrogen-bond acceptors (Lipinski definition) is 4. The molecule has 0 spiro atoms. The number of halogens is 19. The summed E-state index contributed by atoms with van der Waals surface area (Å²) >= 11 is 0. The van der Waals surface area contributed by atoms with Gasteiger partial charge >= 0.3 is 59.0 Å². The third kappa shape index (κ3) is 4.84. The van der Waals surface area contributed by atoms with Gasteiger partial charge in [-0.2, -0.15) is 83.4 Å². The van der Waals surface area contributed by atoms with Crippen LogP contribution in [0.25, 0.3) is 0 Å². The molecule has 0 atom stereocenters. The lowest BCUT2D eigenvalue weighted by molar-refractivity contribution is -0.458.